The highest BCUT2D eigenvalue weighted by molar-refractivity contribution is 9.10. The molecule has 0 radical (unpaired) electrons. The summed E-state index contributed by atoms with van der Waals surface area (Å²) >= 11 is 2.92. The third-order valence-corrected chi connectivity index (χ3v) is 3.13. The molecular formula is C11H12BrClF2N2O4. The molecule has 1 aromatic rings. The molecular weight excluding hydrogens is 377 g/mol. The van der Waals surface area contributed by atoms with Crippen LogP contribution in [0, 0.1) is 10.1 Å². The molecule has 0 aliphatic heterocycles. The Hall–Kier alpha value is -1.32. The first-order chi connectivity index (χ1) is 9.21. The number of benzene rings is 1. The van der Waals surface area contributed by atoms with E-state index in [1.54, 1.807) is 0 Å². The third-order valence-electron chi connectivity index (χ3n) is 2.46. The number of carbonyl (C=O) groups excluding carboxylic acids is 1. The molecule has 0 aromatic heterocycles. The van der Waals surface area contributed by atoms with Crippen molar-refractivity contribution in [3.05, 3.63) is 38.3 Å². The number of ether oxygens (including phenoxy) is 1. The zero-order valence-corrected chi connectivity index (χ0v) is 13.1. The predicted molar refractivity (Wildman–Crippen MR) is 76.6 cm³/mol. The number of carbonyl (C=O) groups is 1. The Kier molecular flexibility index (Phi) is 7.14. The minimum Gasteiger partial charge on any atom is -0.462 e. The summed E-state index contributed by atoms with van der Waals surface area (Å²) in [6, 6.07) is 1.25. The lowest BCUT2D eigenvalue weighted by atomic mass is 10.0. The smallest absolute Gasteiger partial charge is 0.379 e. The average Bonchev–Trinajstić information content (AvgIpc) is 2.38. The highest BCUT2D eigenvalue weighted by Crippen LogP contribution is 2.34. The Morgan fingerprint density at radius 3 is 2.62 bits per heavy atom. The number of alkyl halides is 2. The Labute approximate surface area is 133 Å². The second-order valence-electron chi connectivity index (χ2n) is 3.79. The lowest BCUT2D eigenvalue weighted by Crippen LogP contribution is -2.41. The second kappa shape index (κ2) is 7.62. The lowest BCUT2D eigenvalue weighted by Gasteiger charge is -2.21. The van der Waals surface area contributed by atoms with E-state index in [0.717, 1.165) is 6.07 Å². The molecule has 21 heavy (non-hydrogen) atoms. The number of nitro benzene ring substituents is 1. The van der Waals surface area contributed by atoms with E-state index in [9.17, 15) is 23.7 Å². The van der Waals surface area contributed by atoms with Crippen LogP contribution >= 0.6 is 28.3 Å². The number of esters is 1. The first-order valence-corrected chi connectivity index (χ1v) is 6.25. The van der Waals surface area contributed by atoms with Gasteiger partial charge in [-0.15, -0.1) is 12.4 Å². The summed E-state index contributed by atoms with van der Waals surface area (Å²) in [5.74, 6) is -5.74. The maximum atomic E-state index is 13.7. The van der Waals surface area contributed by atoms with Crippen molar-refractivity contribution < 1.29 is 23.2 Å². The number of nitrogens with two attached hydrogens (primary N) is 1. The Bertz CT molecular complexity index is 545. The molecule has 2 N–H and O–H groups in total. The first-order valence-electron chi connectivity index (χ1n) is 5.46. The fourth-order valence-corrected chi connectivity index (χ4v) is 1.82. The van der Waals surface area contributed by atoms with Crippen LogP contribution in [-0.4, -0.2) is 23.4 Å². The number of hydrogen-bond donors (Lipinski definition) is 1. The van der Waals surface area contributed by atoms with Gasteiger partial charge >= 0.3 is 11.9 Å². The number of hydrogen-bond acceptors (Lipinski definition) is 5. The van der Waals surface area contributed by atoms with Gasteiger partial charge < -0.3 is 10.5 Å². The van der Waals surface area contributed by atoms with Gasteiger partial charge in [0, 0.05) is 6.07 Å². The number of rotatable bonds is 5. The summed E-state index contributed by atoms with van der Waals surface area (Å²) < 4.78 is 31.8. The van der Waals surface area contributed by atoms with Crippen LogP contribution in [0.5, 0.6) is 0 Å². The van der Waals surface area contributed by atoms with Crippen LogP contribution in [0.3, 0.4) is 0 Å². The Balaban J connectivity index is 0.00000400. The van der Waals surface area contributed by atoms with Gasteiger partial charge in [-0.2, -0.15) is 8.78 Å². The van der Waals surface area contributed by atoms with E-state index >= 15 is 0 Å². The normalized spacial score (nSPS) is 12.2. The summed E-state index contributed by atoms with van der Waals surface area (Å²) in [5.41, 5.74) is 4.68. The standard InChI is InChI=1S/C11H11BrF2N2O4.ClH/c1-2-20-10(17)11(13,14)9(15)6-3-4-7(12)8(5-6)16(18)19;/h3-5,9H,2,15H2,1H3;1H/t9-;/m0./s1. The minimum absolute atomic E-state index is 0. The fourth-order valence-electron chi connectivity index (χ4n) is 1.43. The van der Waals surface area contributed by atoms with Crippen LogP contribution in [0.4, 0.5) is 14.5 Å². The predicted octanol–water partition coefficient (Wildman–Crippen LogP) is 2.98. The number of nitro groups is 1. The summed E-state index contributed by atoms with van der Waals surface area (Å²) in [6.07, 6.45) is 0. The van der Waals surface area contributed by atoms with Crippen molar-refractivity contribution in [1.29, 1.82) is 0 Å². The maximum absolute atomic E-state index is 13.7. The van der Waals surface area contributed by atoms with Gasteiger partial charge in [0.05, 0.1) is 16.0 Å². The highest BCUT2D eigenvalue weighted by Gasteiger charge is 2.48. The van der Waals surface area contributed by atoms with Crippen LogP contribution in [0.2, 0.25) is 0 Å². The Morgan fingerprint density at radius 2 is 2.14 bits per heavy atom. The molecule has 118 valence electrons. The second-order valence-corrected chi connectivity index (χ2v) is 4.64. The van der Waals surface area contributed by atoms with Crippen molar-refractivity contribution in [2.45, 2.75) is 18.9 Å². The molecule has 0 spiro atoms. The van der Waals surface area contributed by atoms with E-state index in [-0.39, 0.29) is 29.1 Å². The zero-order chi connectivity index (χ0) is 15.5. The van der Waals surface area contributed by atoms with E-state index in [0.29, 0.717) is 0 Å². The maximum Gasteiger partial charge on any atom is 0.379 e. The molecule has 0 heterocycles. The molecule has 10 heteroatoms. The van der Waals surface area contributed by atoms with Gasteiger partial charge in [0.2, 0.25) is 0 Å². The van der Waals surface area contributed by atoms with E-state index in [1.807, 2.05) is 0 Å². The van der Waals surface area contributed by atoms with Crippen LogP contribution in [-0.2, 0) is 9.53 Å². The monoisotopic (exact) mass is 388 g/mol. The highest BCUT2D eigenvalue weighted by atomic mass is 79.9. The summed E-state index contributed by atoms with van der Waals surface area (Å²) in [4.78, 5) is 21.2. The van der Waals surface area contributed by atoms with E-state index in [1.165, 1.54) is 19.1 Å². The molecule has 0 aliphatic rings. The van der Waals surface area contributed by atoms with E-state index in [4.69, 9.17) is 5.73 Å². The molecule has 0 saturated heterocycles. The van der Waals surface area contributed by atoms with Gasteiger partial charge in [-0.05, 0) is 34.5 Å². The molecule has 0 fully saturated rings. The summed E-state index contributed by atoms with van der Waals surface area (Å²) in [7, 11) is 0. The van der Waals surface area contributed by atoms with Crippen molar-refractivity contribution in [3.8, 4) is 0 Å². The topological polar surface area (TPSA) is 95.5 Å². The largest absolute Gasteiger partial charge is 0.462 e. The van der Waals surface area contributed by atoms with Crippen LogP contribution < -0.4 is 5.73 Å². The van der Waals surface area contributed by atoms with E-state index in [2.05, 4.69) is 20.7 Å². The molecule has 0 amide bonds. The van der Waals surface area contributed by atoms with Gasteiger partial charge in [0.15, 0.2) is 0 Å². The molecule has 1 rings (SSSR count). The zero-order valence-electron chi connectivity index (χ0n) is 10.7. The first kappa shape index (κ1) is 19.7. The van der Waals surface area contributed by atoms with Crippen molar-refractivity contribution in [1.82, 2.24) is 0 Å². The van der Waals surface area contributed by atoms with E-state index < -0.39 is 28.5 Å². The van der Waals surface area contributed by atoms with Crippen molar-refractivity contribution in [2.75, 3.05) is 6.61 Å². The third kappa shape index (κ3) is 4.32. The number of halogens is 4. The van der Waals surface area contributed by atoms with Crippen LogP contribution in [0.25, 0.3) is 0 Å². The van der Waals surface area contributed by atoms with Crippen molar-refractivity contribution >= 4 is 40.0 Å². The molecule has 0 unspecified atom stereocenters. The molecule has 1 atom stereocenters. The van der Waals surface area contributed by atoms with Gasteiger partial charge in [0.1, 0.15) is 6.04 Å². The molecule has 0 bridgehead atoms. The van der Waals surface area contributed by atoms with Gasteiger partial charge in [-0.25, -0.2) is 4.79 Å². The molecule has 0 saturated carbocycles. The van der Waals surface area contributed by atoms with Gasteiger partial charge in [0.25, 0.3) is 5.69 Å². The summed E-state index contributed by atoms with van der Waals surface area (Å²) in [5, 5.41) is 10.7. The van der Waals surface area contributed by atoms with Crippen LogP contribution in [0.15, 0.2) is 22.7 Å². The minimum atomic E-state index is -3.97. The average molecular weight is 390 g/mol. The lowest BCUT2D eigenvalue weighted by molar-refractivity contribution is -0.385. The summed E-state index contributed by atoms with van der Waals surface area (Å²) in [6.45, 7) is 1.16. The van der Waals surface area contributed by atoms with Crippen molar-refractivity contribution in [2.24, 2.45) is 5.73 Å². The quantitative estimate of drug-likeness (QED) is 0.474. The van der Waals surface area contributed by atoms with Crippen LogP contribution in [0.1, 0.15) is 18.5 Å². The number of nitrogens with zero attached hydrogens (tertiary/aromatic N) is 1. The Morgan fingerprint density at radius 1 is 1.57 bits per heavy atom. The van der Waals surface area contributed by atoms with Crippen molar-refractivity contribution in [3.63, 3.8) is 0 Å². The van der Waals surface area contributed by atoms with Gasteiger partial charge in [-0.3, -0.25) is 10.1 Å². The SMILES string of the molecule is CCOC(=O)C(F)(F)[C@@H](N)c1ccc(Br)c([N+](=O)[O-])c1.Cl. The molecule has 6 nitrogen and oxygen atoms in total. The fraction of sp³-hybridized carbons (Fsp3) is 0.364. The molecule has 0 aliphatic carbocycles. The van der Waals surface area contributed by atoms with Gasteiger partial charge in [-0.1, -0.05) is 6.07 Å². The molecule has 1 aromatic carbocycles.